The number of carbonyl (C=O) groups excluding carboxylic acids is 2. The van der Waals surface area contributed by atoms with Crippen molar-refractivity contribution in [2.24, 2.45) is 17.8 Å². The van der Waals surface area contributed by atoms with Crippen molar-refractivity contribution < 1.29 is 24.6 Å². The molecule has 3 heterocycles. The Morgan fingerprint density at radius 3 is 2.61 bits per heavy atom. The summed E-state index contributed by atoms with van der Waals surface area (Å²) in [4.78, 5) is 44.3. The molecule has 0 saturated carbocycles. The Kier molecular flexibility index (Phi) is 7.27. The number of thioether (sulfide) groups is 1. The van der Waals surface area contributed by atoms with Crippen molar-refractivity contribution in [2.75, 3.05) is 18.1 Å². The summed E-state index contributed by atoms with van der Waals surface area (Å²) in [7, 11) is 0. The molecule has 3 saturated heterocycles. The number of para-hydroxylation sites is 1. The van der Waals surface area contributed by atoms with Crippen LogP contribution in [0, 0.1) is 24.7 Å². The van der Waals surface area contributed by atoms with Crippen LogP contribution in [0.15, 0.2) is 30.9 Å². The molecule has 1 aromatic rings. The second-order valence-electron chi connectivity index (χ2n) is 10.9. The lowest BCUT2D eigenvalue weighted by Gasteiger charge is -2.40. The third kappa shape index (κ3) is 3.96. The minimum absolute atomic E-state index is 0.163. The molecule has 2 unspecified atom stereocenters. The summed E-state index contributed by atoms with van der Waals surface area (Å²) in [6.45, 7) is 11.5. The number of amides is 2. The first-order valence-electron chi connectivity index (χ1n) is 12.5. The molecule has 4 rings (SSSR count). The summed E-state index contributed by atoms with van der Waals surface area (Å²) < 4.78 is -1.52. The molecule has 9 heteroatoms. The van der Waals surface area contributed by atoms with E-state index in [-0.39, 0.29) is 30.9 Å². The third-order valence-corrected chi connectivity index (χ3v) is 10.4. The average Bonchev–Trinajstić information content (AvgIpc) is 3.37. The topological polar surface area (TPSA) is 98.2 Å². The zero-order valence-electron chi connectivity index (χ0n) is 21.2. The molecule has 0 aliphatic carbocycles. The molecule has 6 atom stereocenters. The number of aliphatic hydroxyl groups excluding tert-OH is 1. The van der Waals surface area contributed by atoms with Gasteiger partial charge in [-0.25, -0.2) is 0 Å². The van der Waals surface area contributed by atoms with E-state index in [0.29, 0.717) is 30.0 Å². The van der Waals surface area contributed by atoms with Gasteiger partial charge in [0, 0.05) is 11.3 Å². The fraction of sp³-hybridized carbons (Fsp3) is 0.593. The van der Waals surface area contributed by atoms with E-state index in [1.54, 1.807) is 17.0 Å². The highest BCUT2D eigenvalue weighted by atomic mass is 35.5. The summed E-state index contributed by atoms with van der Waals surface area (Å²) in [5, 5.41) is 21.0. The van der Waals surface area contributed by atoms with Crippen molar-refractivity contribution >= 4 is 46.8 Å². The number of rotatable bonds is 9. The summed E-state index contributed by atoms with van der Waals surface area (Å²) in [6.07, 6.45) is 3.29. The van der Waals surface area contributed by atoms with Crippen LogP contribution < -0.4 is 4.90 Å². The maximum atomic E-state index is 14.6. The Morgan fingerprint density at radius 1 is 1.36 bits per heavy atom. The van der Waals surface area contributed by atoms with E-state index >= 15 is 0 Å². The number of anilines is 1. The molecular formula is C27H35ClN2O5S. The molecule has 2 bridgehead atoms. The molecule has 36 heavy (non-hydrogen) atoms. The predicted molar refractivity (Wildman–Crippen MR) is 142 cm³/mol. The van der Waals surface area contributed by atoms with Crippen LogP contribution >= 0.6 is 23.4 Å². The highest BCUT2D eigenvalue weighted by Gasteiger charge is 2.78. The molecule has 7 nitrogen and oxygen atoms in total. The lowest BCUT2D eigenvalue weighted by atomic mass is 9.66. The highest BCUT2D eigenvalue weighted by Crippen LogP contribution is 2.71. The zero-order valence-corrected chi connectivity index (χ0v) is 22.8. The van der Waals surface area contributed by atoms with E-state index in [1.807, 2.05) is 39.8 Å². The number of nitrogens with zero attached hydrogens (tertiary/aromatic N) is 2. The molecule has 3 fully saturated rings. The number of hydrogen-bond acceptors (Lipinski definition) is 5. The Hall–Kier alpha value is -2.03. The minimum atomic E-state index is -1.01. The molecule has 0 aromatic heterocycles. The van der Waals surface area contributed by atoms with Crippen molar-refractivity contribution in [3.63, 3.8) is 0 Å². The van der Waals surface area contributed by atoms with Crippen LogP contribution in [0.3, 0.4) is 0 Å². The monoisotopic (exact) mass is 534 g/mol. The Bertz CT molecular complexity index is 1080. The molecule has 2 amide bonds. The maximum Gasteiger partial charge on any atom is 0.308 e. The van der Waals surface area contributed by atoms with Crippen LogP contribution in [0.4, 0.5) is 5.69 Å². The van der Waals surface area contributed by atoms with Crippen molar-refractivity contribution in [3.05, 3.63) is 41.4 Å². The lowest BCUT2D eigenvalue weighted by molar-refractivity contribution is -0.150. The first-order chi connectivity index (χ1) is 16.9. The van der Waals surface area contributed by atoms with Crippen molar-refractivity contribution in [1.29, 1.82) is 0 Å². The summed E-state index contributed by atoms with van der Waals surface area (Å²) >= 11 is 8.06. The second-order valence-corrected chi connectivity index (χ2v) is 13.2. The van der Waals surface area contributed by atoms with Gasteiger partial charge in [0.1, 0.15) is 6.04 Å². The number of carbonyl (C=O) groups is 3. The number of aryl methyl sites for hydroxylation is 1. The number of benzene rings is 1. The van der Waals surface area contributed by atoms with Gasteiger partial charge >= 0.3 is 5.97 Å². The SMILES string of the molecule is C=CCN(C(=O)C1N([C@@H](CO)CC(C)C)C(=O)[C@@H]2[C@@H](C(=O)O)[C@@]3(C)CCC12S3)c1c(C)cccc1Cl. The van der Waals surface area contributed by atoms with E-state index in [9.17, 15) is 24.6 Å². The highest BCUT2D eigenvalue weighted by molar-refractivity contribution is 8.02. The van der Waals surface area contributed by atoms with E-state index in [4.69, 9.17) is 11.6 Å². The Balaban J connectivity index is 1.89. The number of carboxylic acids is 1. The minimum Gasteiger partial charge on any atom is -0.481 e. The first-order valence-corrected chi connectivity index (χ1v) is 13.7. The predicted octanol–water partition coefficient (Wildman–Crippen LogP) is 4.14. The van der Waals surface area contributed by atoms with Gasteiger partial charge in [0.15, 0.2) is 0 Å². The Morgan fingerprint density at radius 2 is 2.06 bits per heavy atom. The third-order valence-electron chi connectivity index (χ3n) is 8.10. The van der Waals surface area contributed by atoms with Crippen molar-refractivity contribution in [2.45, 2.75) is 68.5 Å². The van der Waals surface area contributed by atoms with Gasteiger partial charge in [-0.1, -0.05) is 43.7 Å². The number of aliphatic carboxylic acids is 1. The van der Waals surface area contributed by atoms with Gasteiger partial charge in [-0.05, 0) is 50.7 Å². The van der Waals surface area contributed by atoms with Crippen LogP contribution in [0.1, 0.15) is 45.6 Å². The number of fused-ring (bicyclic) bond motifs is 1. The normalized spacial score (nSPS) is 31.6. The molecule has 0 radical (unpaired) electrons. The van der Waals surface area contributed by atoms with Gasteiger partial charge < -0.3 is 20.0 Å². The van der Waals surface area contributed by atoms with E-state index < -0.39 is 39.4 Å². The summed E-state index contributed by atoms with van der Waals surface area (Å²) in [5.74, 6) is -3.22. The van der Waals surface area contributed by atoms with Gasteiger partial charge in [-0.2, -0.15) is 0 Å². The number of halogens is 1. The lowest BCUT2D eigenvalue weighted by Crippen LogP contribution is -2.58. The average molecular weight is 535 g/mol. The van der Waals surface area contributed by atoms with Gasteiger partial charge in [0.2, 0.25) is 5.91 Å². The fourth-order valence-corrected chi connectivity index (χ4v) is 9.42. The maximum absolute atomic E-state index is 14.6. The molecule has 1 aromatic carbocycles. The second kappa shape index (κ2) is 9.69. The zero-order chi connectivity index (χ0) is 26.6. The van der Waals surface area contributed by atoms with Gasteiger partial charge in [-0.15, -0.1) is 18.3 Å². The van der Waals surface area contributed by atoms with Gasteiger partial charge in [-0.3, -0.25) is 14.4 Å². The molecule has 196 valence electrons. The number of hydrogen-bond donors (Lipinski definition) is 2. The number of carboxylic acid groups (broad SMARTS) is 1. The van der Waals surface area contributed by atoms with E-state index in [2.05, 4.69) is 6.58 Å². The van der Waals surface area contributed by atoms with Crippen LogP contribution in [0.25, 0.3) is 0 Å². The van der Waals surface area contributed by atoms with Crippen molar-refractivity contribution in [1.82, 2.24) is 4.90 Å². The molecular weight excluding hydrogens is 500 g/mol. The quantitative estimate of drug-likeness (QED) is 0.462. The van der Waals surface area contributed by atoms with Gasteiger partial charge in [0.25, 0.3) is 5.91 Å². The molecule has 3 aliphatic rings. The molecule has 3 aliphatic heterocycles. The van der Waals surface area contributed by atoms with Crippen LogP contribution in [0.2, 0.25) is 5.02 Å². The largest absolute Gasteiger partial charge is 0.481 e. The first kappa shape index (κ1) is 27.0. The Labute approximate surface area is 221 Å². The summed E-state index contributed by atoms with van der Waals surface area (Å²) in [5.41, 5.74) is 1.36. The number of aliphatic hydroxyl groups is 1. The molecule has 1 spiro atoms. The fourth-order valence-electron chi connectivity index (χ4n) is 6.77. The van der Waals surface area contributed by atoms with Crippen LogP contribution in [-0.4, -0.2) is 67.6 Å². The van der Waals surface area contributed by atoms with Gasteiger partial charge in [0.05, 0.1) is 39.9 Å². The summed E-state index contributed by atoms with van der Waals surface area (Å²) in [6, 6.07) is 3.90. The van der Waals surface area contributed by atoms with E-state index in [1.165, 1.54) is 16.7 Å². The smallest absolute Gasteiger partial charge is 0.308 e. The van der Waals surface area contributed by atoms with Crippen LogP contribution in [0.5, 0.6) is 0 Å². The number of likely N-dealkylation sites (tertiary alicyclic amines) is 1. The van der Waals surface area contributed by atoms with Crippen molar-refractivity contribution in [3.8, 4) is 0 Å². The van der Waals surface area contributed by atoms with E-state index in [0.717, 1.165) is 5.56 Å². The standard InChI is InChI=1S/C27H35ClN2O5S/c1-6-12-29(21-16(4)8-7-9-18(21)28)24(33)22-27-11-10-26(5,36-27)20(25(34)35)19(27)23(32)30(22)17(14-31)13-15(2)3/h6-9,15,17,19-20,22,31H,1,10-14H2,2-5H3,(H,34,35)/t17-,19+,20+,22?,26-,27?/m1/s1. The van der Waals surface area contributed by atoms with Crippen LogP contribution in [-0.2, 0) is 14.4 Å². The molecule has 2 N–H and O–H groups in total.